The molecule has 0 saturated carbocycles. The number of aryl methyl sites for hydroxylation is 1. The third-order valence-electron chi connectivity index (χ3n) is 3.62. The summed E-state index contributed by atoms with van der Waals surface area (Å²) in [6.45, 7) is 0.925. The lowest BCUT2D eigenvalue weighted by Gasteiger charge is -2.25. The largest absolute Gasteiger partial charge is 0.326 e. The second kappa shape index (κ2) is 5.98. The number of nitrogens with zero attached hydrogens (tertiary/aromatic N) is 3. The van der Waals surface area contributed by atoms with E-state index in [9.17, 15) is 0 Å². The van der Waals surface area contributed by atoms with Gasteiger partial charge in [-0.25, -0.2) is 9.97 Å². The summed E-state index contributed by atoms with van der Waals surface area (Å²) >= 11 is 12.2. The van der Waals surface area contributed by atoms with Crippen LogP contribution in [0.4, 0.5) is 11.5 Å². The average molecular weight is 308 g/mol. The number of alkyl halides is 1. The fourth-order valence-corrected chi connectivity index (χ4v) is 3.15. The molecule has 5 heteroatoms. The predicted molar refractivity (Wildman–Crippen MR) is 83.0 cm³/mol. The molecule has 0 unspecified atom stereocenters. The van der Waals surface area contributed by atoms with Gasteiger partial charge in [-0.3, -0.25) is 0 Å². The van der Waals surface area contributed by atoms with E-state index in [4.69, 9.17) is 23.2 Å². The Morgan fingerprint density at radius 3 is 2.85 bits per heavy atom. The standard InChI is InChI=1S/C15H15Cl2N3/c16-9-12-14(17)18-10-19-15(12)20-8-4-3-6-11-5-1-2-7-13(11)20/h1-2,5,7,10H,3-4,6,8-9H2. The summed E-state index contributed by atoms with van der Waals surface area (Å²) in [6.07, 6.45) is 4.91. The summed E-state index contributed by atoms with van der Waals surface area (Å²) in [5, 5.41) is 0.437. The normalized spacial score (nSPS) is 14.8. The van der Waals surface area contributed by atoms with E-state index in [0.29, 0.717) is 11.0 Å². The summed E-state index contributed by atoms with van der Waals surface area (Å²) < 4.78 is 0. The Bertz CT molecular complexity index is 616. The van der Waals surface area contributed by atoms with Crippen LogP contribution in [0.5, 0.6) is 0 Å². The minimum absolute atomic E-state index is 0.313. The highest BCUT2D eigenvalue weighted by Gasteiger charge is 2.21. The second-order valence-corrected chi connectivity index (χ2v) is 5.46. The molecule has 0 saturated heterocycles. The first kappa shape index (κ1) is 13.7. The molecule has 0 atom stereocenters. The van der Waals surface area contributed by atoms with Crippen molar-refractivity contribution in [1.29, 1.82) is 0 Å². The minimum atomic E-state index is 0.313. The van der Waals surface area contributed by atoms with Crippen LogP contribution in [0.15, 0.2) is 30.6 Å². The van der Waals surface area contributed by atoms with Crippen LogP contribution in [0.2, 0.25) is 5.15 Å². The van der Waals surface area contributed by atoms with Gasteiger partial charge in [0.2, 0.25) is 0 Å². The van der Waals surface area contributed by atoms with Gasteiger partial charge in [-0.1, -0.05) is 29.8 Å². The molecule has 104 valence electrons. The lowest BCUT2D eigenvalue weighted by atomic mass is 10.1. The molecular formula is C15H15Cl2N3. The molecule has 1 aliphatic heterocycles. The Morgan fingerprint density at radius 1 is 1.15 bits per heavy atom. The molecule has 0 bridgehead atoms. The van der Waals surface area contributed by atoms with Crippen molar-refractivity contribution >= 4 is 34.7 Å². The van der Waals surface area contributed by atoms with Crippen molar-refractivity contribution in [2.24, 2.45) is 0 Å². The Balaban J connectivity index is 2.12. The maximum atomic E-state index is 6.15. The smallest absolute Gasteiger partial charge is 0.142 e. The molecule has 2 heterocycles. The van der Waals surface area contributed by atoms with E-state index in [1.807, 2.05) is 0 Å². The van der Waals surface area contributed by atoms with Crippen molar-refractivity contribution in [3.8, 4) is 0 Å². The molecule has 20 heavy (non-hydrogen) atoms. The summed E-state index contributed by atoms with van der Waals surface area (Å²) in [4.78, 5) is 10.7. The van der Waals surface area contributed by atoms with Gasteiger partial charge >= 0.3 is 0 Å². The number of para-hydroxylation sites is 1. The highest BCUT2D eigenvalue weighted by Crippen LogP contribution is 2.35. The SMILES string of the molecule is ClCc1c(Cl)ncnc1N1CCCCc2ccccc21. The first-order valence-corrected chi connectivity index (χ1v) is 7.63. The quantitative estimate of drug-likeness (QED) is 0.610. The van der Waals surface area contributed by atoms with Gasteiger partial charge in [0, 0.05) is 17.8 Å². The van der Waals surface area contributed by atoms with E-state index in [1.54, 1.807) is 0 Å². The first-order valence-electron chi connectivity index (χ1n) is 6.72. The molecule has 1 aromatic carbocycles. The third-order valence-corrected chi connectivity index (χ3v) is 4.21. The number of benzene rings is 1. The predicted octanol–water partition coefficient (Wildman–Crippen LogP) is 4.34. The van der Waals surface area contributed by atoms with Gasteiger partial charge in [-0.2, -0.15) is 0 Å². The summed E-state index contributed by atoms with van der Waals surface area (Å²) in [6, 6.07) is 8.45. The molecule has 3 nitrogen and oxygen atoms in total. The van der Waals surface area contributed by atoms with E-state index >= 15 is 0 Å². The van der Waals surface area contributed by atoms with Crippen LogP contribution in [0.1, 0.15) is 24.0 Å². The Hall–Kier alpha value is -1.32. The Labute approximate surface area is 128 Å². The molecule has 0 radical (unpaired) electrons. The zero-order valence-corrected chi connectivity index (χ0v) is 12.5. The topological polar surface area (TPSA) is 29.0 Å². The zero-order valence-electron chi connectivity index (χ0n) is 11.0. The van der Waals surface area contributed by atoms with Crippen molar-refractivity contribution < 1.29 is 0 Å². The van der Waals surface area contributed by atoms with E-state index in [1.165, 1.54) is 24.0 Å². The summed E-state index contributed by atoms with van der Waals surface area (Å²) in [7, 11) is 0. The maximum absolute atomic E-state index is 6.15. The van der Waals surface area contributed by atoms with Crippen molar-refractivity contribution in [1.82, 2.24) is 9.97 Å². The van der Waals surface area contributed by atoms with Gasteiger partial charge in [-0.15, -0.1) is 11.6 Å². The van der Waals surface area contributed by atoms with Crippen molar-refractivity contribution in [3.63, 3.8) is 0 Å². The van der Waals surface area contributed by atoms with E-state index in [2.05, 4.69) is 39.1 Å². The van der Waals surface area contributed by atoms with Crippen LogP contribution in [-0.4, -0.2) is 16.5 Å². The van der Waals surface area contributed by atoms with Gasteiger partial charge in [0.05, 0.1) is 5.88 Å². The highest BCUT2D eigenvalue weighted by molar-refractivity contribution is 6.31. The highest BCUT2D eigenvalue weighted by atomic mass is 35.5. The number of hydrogen-bond donors (Lipinski definition) is 0. The van der Waals surface area contributed by atoms with Gasteiger partial charge in [0.25, 0.3) is 0 Å². The third kappa shape index (κ3) is 2.48. The molecule has 1 aromatic heterocycles. The molecule has 1 aliphatic rings. The summed E-state index contributed by atoms with van der Waals surface area (Å²) in [5.74, 6) is 1.14. The van der Waals surface area contributed by atoms with E-state index in [0.717, 1.165) is 30.8 Å². The molecule has 0 N–H and O–H groups in total. The summed E-state index contributed by atoms with van der Waals surface area (Å²) in [5.41, 5.74) is 3.35. The minimum Gasteiger partial charge on any atom is -0.326 e. The molecule has 0 aliphatic carbocycles. The fraction of sp³-hybridized carbons (Fsp3) is 0.333. The monoisotopic (exact) mass is 307 g/mol. The number of halogens is 2. The molecule has 0 spiro atoms. The number of hydrogen-bond acceptors (Lipinski definition) is 3. The molecule has 2 aromatic rings. The van der Waals surface area contributed by atoms with E-state index < -0.39 is 0 Å². The Morgan fingerprint density at radius 2 is 2.00 bits per heavy atom. The van der Waals surface area contributed by atoms with Gasteiger partial charge in [0.1, 0.15) is 17.3 Å². The average Bonchev–Trinajstić information content (AvgIpc) is 2.69. The lowest BCUT2D eigenvalue weighted by molar-refractivity contribution is 0.756. The van der Waals surface area contributed by atoms with Gasteiger partial charge < -0.3 is 4.90 Å². The fourth-order valence-electron chi connectivity index (χ4n) is 2.64. The number of aromatic nitrogens is 2. The maximum Gasteiger partial charge on any atom is 0.142 e. The van der Waals surface area contributed by atoms with Gasteiger partial charge in [0.15, 0.2) is 0 Å². The Kier molecular flexibility index (Phi) is 4.08. The molecule has 3 rings (SSSR count). The lowest BCUT2D eigenvalue weighted by Crippen LogP contribution is -2.21. The van der Waals surface area contributed by atoms with Crippen LogP contribution in [0.25, 0.3) is 0 Å². The van der Waals surface area contributed by atoms with Crippen LogP contribution < -0.4 is 4.90 Å². The van der Waals surface area contributed by atoms with Crippen LogP contribution in [0.3, 0.4) is 0 Å². The molecular weight excluding hydrogens is 293 g/mol. The first-order chi connectivity index (χ1) is 9.81. The van der Waals surface area contributed by atoms with Crippen LogP contribution >= 0.6 is 23.2 Å². The van der Waals surface area contributed by atoms with Crippen molar-refractivity contribution in [3.05, 3.63) is 46.9 Å². The van der Waals surface area contributed by atoms with Crippen LogP contribution in [-0.2, 0) is 12.3 Å². The zero-order chi connectivity index (χ0) is 13.9. The van der Waals surface area contributed by atoms with Crippen molar-refractivity contribution in [2.45, 2.75) is 25.1 Å². The number of rotatable bonds is 2. The van der Waals surface area contributed by atoms with Gasteiger partial charge in [-0.05, 0) is 30.9 Å². The number of anilines is 2. The molecule has 0 amide bonds. The van der Waals surface area contributed by atoms with E-state index in [-0.39, 0.29) is 0 Å². The van der Waals surface area contributed by atoms with Crippen molar-refractivity contribution in [2.75, 3.05) is 11.4 Å². The van der Waals surface area contributed by atoms with Crippen LogP contribution in [0, 0.1) is 0 Å². The second-order valence-electron chi connectivity index (χ2n) is 4.84. The number of fused-ring (bicyclic) bond motifs is 1. The molecule has 0 fully saturated rings.